The summed E-state index contributed by atoms with van der Waals surface area (Å²) in [5, 5.41) is 9.25. The van der Waals surface area contributed by atoms with E-state index in [0.717, 1.165) is 39.9 Å². The first-order valence-corrected chi connectivity index (χ1v) is 25.1. The van der Waals surface area contributed by atoms with Crippen LogP contribution in [0, 0.1) is 23.0 Å². The molecular formula is C53H50BrF10N3O4S2. The van der Waals surface area contributed by atoms with Crippen molar-refractivity contribution in [3.63, 3.8) is 0 Å². The first kappa shape index (κ1) is 58.3. The molecule has 7 nitrogen and oxygen atoms in total. The van der Waals surface area contributed by atoms with Gasteiger partial charge in [-0.2, -0.15) is 40.4 Å². The van der Waals surface area contributed by atoms with Crippen LogP contribution in [0.15, 0.2) is 150 Å². The Morgan fingerprint density at radius 2 is 0.877 bits per heavy atom. The largest absolute Gasteiger partial charge is 0.461 e. The van der Waals surface area contributed by atoms with Crippen LogP contribution in [-0.2, 0) is 45.9 Å². The maximum Gasteiger partial charge on any atom is 0.461 e. The summed E-state index contributed by atoms with van der Waals surface area (Å²) in [4.78, 5) is 0. The lowest BCUT2D eigenvalue weighted by atomic mass is 9.78. The fourth-order valence-corrected chi connectivity index (χ4v) is 9.30. The Balaban J connectivity index is 0.000000271. The van der Waals surface area contributed by atoms with Crippen molar-refractivity contribution in [3.8, 4) is 17.6 Å². The summed E-state index contributed by atoms with van der Waals surface area (Å²) in [5.74, 6) is -3.61. The van der Waals surface area contributed by atoms with Crippen molar-refractivity contribution in [3.05, 3.63) is 201 Å². The first-order valence-electron chi connectivity index (χ1n) is 22.1. The molecule has 390 valence electrons. The smallest absolute Gasteiger partial charge is 0.428 e. The molecular weight excluding hydrogens is 1080 g/mol. The molecule has 0 aliphatic heterocycles. The Kier molecular flexibility index (Phi) is 19.0. The highest BCUT2D eigenvalue weighted by atomic mass is 79.9. The number of nitrogens with one attached hydrogen (secondary N) is 2. The number of alkyl halides is 8. The highest BCUT2D eigenvalue weighted by molar-refractivity contribution is 9.10. The molecule has 2 N–H and O–H groups in total. The van der Waals surface area contributed by atoms with Crippen molar-refractivity contribution in [2.24, 2.45) is 0 Å². The molecule has 0 aliphatic carbocycles. The van der Waals surface area contributed by atoms with E-state index in [9.17, 15) is 57.6 Å². The molecule has 73 heavy (non-hydrogen) atoms. The summed E-state index contributed by atoms with van der Waals surface area (Å²) in [6.45, 7) is 10.4. The molecule has 6 rings (SSSR count). The number of hydrogen-bond donors (Lipinski definition) is 2. The van der Waals surface area contributed by atoms with E-state index in [2.05, 4.69) is 34.8 Å². The van der Waals surface area contributed by atoms with Gasteiger partial charge in [-0.3, -0.25) is 0 Å². The van der Waals surface area contributed by atoms with Gasteiger partial charge in [-0.15, -0.1) is 0 Å². The van der Waals surface area contributed by atoms with Crippen LogP contribution in [0.4, 0.5) is 43.9 Å². The zero-order valence-corrected chi connectivity index (χ0v) is 43.2. The van der Waals surface area contributed by atoms with Gasteiger partial charge in [0.15, 0.2) is 0 Å². The summed E-state index contributed by atoms with van der Waals surface area (Å²) in [6.07, 6.45) is -17.7. The second-order valence-corrected chi connectivity index (χ2v) is 23.4. The van der Waals surface area contributed by atoms with Gasteiger partial charge in [0.05, 0.1) is 54.2 Å². The minimum Gasteiger partial charge on any atom is -0.428 e. The number of rotatable bonds is 18. The summed E-state index contributed by atoms with van der Waals surface area (Å²) >= 11 is 3.37. The van der Waals surface area contributed by atoms with Crippen molar-refractivity contribution in [2.45, 2.75) is 100 Å². The lowest BCUT2D eigenvalue weighted by molar-refractivity contribution is -0.253. The van der Waals surface area contributed by atoms with E-state index in [1.54, 1.807) is 120 Å². The minimum atomic E-state index is -4.86. The fourth-order valence-electron chi connectivity index (χ4n) is 7.18. The van der Waals surface area contributed by atoms with Crippen molar-refractivity contribution in [1.29, 1.82) is 5.26 Å². The second-order valence-electron chi connectivity index (χ2n) is 18.6. The van der Waals surface area contributed by atoms with Crippen LogP contribution >= 0.6 is 15.9 Å². The zero-order valence-electron chi connectivity index (χ0n) is 40.0. The van der Waals surface area contributed by atoms with E-state index in [4.69, 9.17) is 0 Å². The monoisotopic (exact) mass is 1130 g/mol. The van der Waals surface area contributed by atoms with E-state index in [1.807, 2.05) is 24.3 Å². The molecule has 20 heteroatoms. The standard InChI is InChI=1S/C27H25F5N2O2S.C26H25BrF5NO2S/c1-25(2,3)37(35)34-26(16-18-7-5-4-6-8-18,20-11-9-19(17-33)10-12-20)21-13-22(28)15-23(14-21)36-27(31,32)24(29)30;1-24(2,3)36(34)33-25(16-17-7-5-4-6-8-17,18-9-11-20(27)12-10-18)19-13-21(28)15-22(14-19)35-26(31,32)23(29)30/h4-15,24,34H,16H2,1-3H3;4-15,23,33H,16H2,1-3H3/t26-,37?;25-,36?/m11/s1. The summed E-state index contributed by atoms with van der Waals surface area (Å²) < 4.78 is 176. The third-order valence-electron chi connectivity index (χ3n) is 10.9. The van der Waals surface area contributed by atoms with Crippen LogP contribution in [0.5, 0.6) is 11.5 Å². The lowest BCUT2D eigenvalue weighted by Crippen LogP contribution is -2.50. The van der Waals surface area contributed by atoms with Gasteiger partial charge >= 0.3 is 25.1 Å². The molecule has 0 fully saturated rings. The topological polar surface area (TPSA) is 100 Å². The molecule has 0 saturated heterocycles. The van der Waals surface area contributed by atoms with Gasteiger partial charge in [-0.1, -0.05) is 101 Å². The molecule has 0 spiro atoms. The van der Waals surface area contributed by atoms with Crippen LogP contribution in [0.1, 0.15) is 80.5 Å². The Morgan fingerprint density at radius 1 is 0.534 bits per heavy atom. The molecule has 6 aromatic rings. The van der Waals surface area contributed by atoms with E-state index >= 15 is 0 Å². The van der Waals surface area contributed by atoms with Crippen LogP contribution in [0.2, 0.25) is 0 Å². The van der Waals surface area contributed by atoms with Gasteiger partial charge in [0.1, 0.15) is 23.1 Å². The van der Waals surface area contributed by atoms with Crippen molar-refractivity contribution >= 4 is 37.9 Å². The van der Waals surface area contributed by atoms with Gasteiger partial charge in [-0.25, -0.2) is 26.6 Å². The molecule has 0 aliphatic rings. The van der Waals surface area contributed by atoms with E-state index < -0.39 is 90.7 Å². The highest BCUT2D eigenvalue weighted by Gasteiger charge is 2.47. The van der Waals surface area contributed by atoms with Gasteiger partial charge in [0.25, 0.3) is 0 Å². The minimum absolute atomic E-state index is 0.0127. The second kappa shape index (κ2) is 23.7. The maximum absolute atomic E-state index is 14.8. The number of hydrogen-bond acceptors (Lipinski definition) is 5. The van der Waals surface area contributed by atoms with Crippen molar-refractivity contribution < 1.29 is 61.8 Å². The summed E-state index contributed by atoms with van der Waals surface area (Å²) in [6, 6.07) is 38.4. The van der Waals surface area contributed by atoms with E-state index in [1.165, 1.54) is 12.1 Å². The third-order valence-corrected chi connectivity index (χ3v) is 14.7. The number of benzene rings is 6. The van der Waals surface area contributed by atoms with Crippen LogP contribution < -0.4 is 18.9 Å². The predicted octanol–water partition coefficient (Wildman–Crippen LogP) is 13.8. The Bertz CT molecular complexity index is 2890. The van der Waals surface area contributed by atoms with Gasteiger partial charge < -0.3 is 9.47 Å². The van der Waals surface area contributed by atoms with E-state index in [0.29, 0.717) is 28.8 Å². The van der Waals surface area contributed by atoms with Gasteiger partial charge in [-0.05, 0) is 136 Å². The predicted molar refractivity (Wildman–Crippen MR) is 265 cm³/mol. The lowest BCUT2D eigenvalue weighted by Gasteiger charge is -2.38. The van der Waals surface area contributed by atoms with Crippen LogP contribution in [0.3, 0.4) is 0 Å². The molecule has 2 unspecified atom stereocenters. The van der Waals surface area contributed by atoms with Crippen LogP contribution in [0.25, 0.3) is 0 Å². The third kappa shape index (κ3) is 15.3. The molecule has 0 amide bonds. The number of nitrogens with zero attached hydrogens (tertiary/aromatic N) is 1. The molecule has 0 bridgehead atoms. The molecule has 0 saturated carbocycles. The number of halogens is 11. The first-order chi connectivity index (χ1) is 34.0. The van der Waals surface area contributed by atoms with Crippen LogP contribution in [-0.4, -0.2) is 43.0 Å². The van der Waals surface area contributed by atoms with Gasteiger partial charge in [0, 0.05) is 16.6 Å². The summed E-state index contributed by atoms with van der Waals surface area (Å²) in [7, 11) is -3.49. The maximum atomic E-state index is 14.8. The SMILES string of the molecule is CC(C)(C)S(=O)N[C@](Cc1ccccc1)(c1ccc(Br)cc1)c1cc(F)cc(OC(F)(F)C(F)F)c1.CC(C)(C)S(=O)N[C@](Cc1ccccc1)(c1ccc(C#N)cc1)c1cc(F)cc(OC(F)(F)C(F)F)c1. The highest BCUT2D eigenvalue weighted by Crippen LogP contribution is 2.41. The Hall–Kier alpha value is -5.59. The number of ether oxygens (including phenoxy) is 2. The number of nitriles is 1. The van der Waals surface area contributed by atoms with Crippen molar-refractivity contribution in [2.75, 3.05) is 0 Å². The molecule has 4 atom stereocenters. The molecule has 0 radical (unpaired) electrons. The van der Waals surface area contributed by atoms with Gasteiger partial charge in [0.2, 0.25) is 0 Å². The molecule has 6 aromatic carbocycles. The average Bonchev–Trinajstić information content (AvgIpc) is 3.30. The Morgan fingerprint density at radius 3 is 1.19 bits per heavy atom. The molecule has 0 heterocycles. The quantitative estimate of drug-likeness (QED) is 0.0835. The normalized spacial score (nSPS) is 14.8. The average molecular weight is 1130 g/mol. The molecule has 0 aromatic heterocycles. The summed E-state index contributed by atoms with van der Waals surface area (Å²) in [5.41, 5.74) is -0.0408. The fraction of sp³-hybridized carbons (Fsp3) is 0.302. The Labute approximate surface area is 430 Å². The van der Waals surface area contributed by atoms with E-state index in [-0.39, 0.29) is 24.0 Å². The zero-order chi connectivity index (χ0) is 54.2. The van der Waals surface area contributed by atoms with Crippen molar-refractivity contribution in [1.82, 2.24) is 9.44 Å².